The summed E-state index contributed by atoms with van der Waals surface area (Å²) in [5, 5.41) is 12.4. The largest absolute Gasteiger partial charge is 0.398 e. The van der Waals surface area contributed by atoms with Crippen molar-refractivity contribution in [3.63, 3.8) is 0 Å². The van der Waals surface area contributed by atoms with Gasteiger partial charge in [-0.25, -0.2) is 4.68 Å². The highest BCUT2D eigenvalue weighted by Gasteiger charge is 2.28. The molecule has 1 aliphatic carbocycles. The number of anilines is 1. The van der Waals surface area contributed by atoms with E-state index < -0.39 is 0 Å². The van der Waals surface area contributed by atoms with Crippen LogP contribution in [0.5, 0.6) is 0 Å². The van der Waals surface area contributed by atoms with Gasteiger partial charge < -0.3 is 5.73 Å². The van der Waals surface area contributed by atoms with Crippen LogP contribution in [0.25, 0.3) is 11.4 Å². The van der Waals surface area contributed by atoms with E-state index in [1.165, 1.54) is 6.42 Å². The molecular weight excluding hydrogens is 330 g/mol. The summed E-state index contributed by atoms with van der Waals surface area (Å²) in [6.45, 7) is 4.65. The quantitative estimate of drug-likeness (QED) is 0.839. The van der Waals surface area contributed by atoms with Crippen LogP contribution < -0.4 is 5.73 Å². The van der Waals surface area contributed by atoms with Crippen LogP contribution in [0, 0.1) is 11.8 Å². The van der Waals surface area contributed by atoms with Crippen LogP contribution in [-0.4, -0.2) is 20.2 Å². The van der Waals surface area contributed by atoms with Crippen LogP contribution in [0.2, 0.25) is 0 Å². The highest BCUT2D eigenvalue weighted by molar-refractivity contribution is 9.10. The van der Waals surface area contributed by atoms with Crippen LogP contribution in [0.15, 0.2) is 22.7 Å². The zero-order valence-corrected chi connectivity index (χ0v) is 13.9. The van der Waals surface area contributed by atoms with E-state index in [1.807, 2.05) is 22.9 Å². The number of nitrogen functional groups attached to an aromatic ring is 1. The Kier molecular flexibility index (Phi) is 3.97. The van der Waals surface area contributed by atoms with Crippen molar-refractivity contribution in [3.8, 4) is 11.4 Å². The van der Waals surface area contributed by atoms with Crippen molar-refractivity contribution in [3.05, 3.63) is 22.7 Å². The van der Waals surface area contributed by atoms with Crippen LogP contribution in [-0.2, 0) is 0 Å². The number of tetrazole rings is 1. The Hall–Kier alpha value is -1.43. The van der Waals surface area contributed by atoms with Crippen molar-refractivity contribution in [2.24, 2.45) is 11.8 Å². The molecule has 1 aromatic carbocycles. The molecule has 3 atom stereocenters. The lowest BCUT2D eigenvalue weighted by Gasteiger charge is -2.32. The number of aromatic nitrogens is 4. The number of nitrogens with zero attached hydrogens (tertiary/aromatic N) is 4. The first-order valence-electron chi connectivity index (χ1n) is 7.40. The Labute approximate surface area is 133 Å². The third-order valence-electron chi connectivity index (χ3n) is 4.68. The number of benzene rings is 1. The summed E-state index contributed by atoms with van der Waals surface area (Å²) in [4.78, 5) is 0. The van der Waals surface area contributed by atoms with E-state index in [-0.39, 0.29) is 0 Å². The molecule has 1 heterocycles. The van der Waals surface area contributed by atoms with Crippen molar-refractivity contribution in [1.82, 2.24) is 20.2 Å². The van der Waals surface area contributed by atoms with Gasteiger partial charge in [0.2, 0.25) is 0 Å². The molecule has 0 radical (unpaired) electrons. The molecule has 0 spiro atoms. The summed E-state index contributed by atoms with van der Waals surface area (Å²) in [5.41, 5.74) is 7.62. The monoisotopic (exact) mass is 349 g/mol. The zero-order chi connectivity index (χ0) is 15.0. The minimum absolute atomic E-state index is 0.370. The minimum atomic E-state index is 0.370. The van der Waals surface area contributed by atoms with E-state index in [1.54, 1.807) is 0 Å². The molecule has 1 saturated carbocycles. The summed E-state index contributed by atoms with van der Waals surface area (Å²) in [7, 11) is 0. The maximum atomic E-state index is 5.97. The minimum Gasteiger partial charge on any atom is -0.398 e. The van der Waals surface area contributed by atoms with Crippen molar-refractivity contribution in [1.29, 1.82) is 0 Å². The lowest BCUT2D eigenvalue weighted by Crippen LogP contribution is -2.24. The van der Waals surface area contributed by atoms with Crippen molar-refractivity contribution in [2.45, 2.75) is 39.2 Å². The molecule has 0 saturated heterocycles. The predicted molar refractivity (Wildman–Crippen MR) is 86.6 cm³/mol. The average molecular weight is 350 g/mol. The third kappa shape index (κ3) is 2.69. The van der Waals surface area contributed by atoms with Gasteiger partial charge in [-0.1, -0.05) is 19.9 Å². The molecule has 3 unspecified atom stereocenters. The normalized spacial score (nSPS) is 26.0. The molecule has 6 heteroatoms. The van der Waals surface area contributed by atoms with Gasteiger partial charge in [0.25, 0.3) is 0 Å². The molecule has 112 valence electrons. The van der Waals surface area contributed by atoms with Gasteiger partial charge in [-0.2, -0.15) is 0 Å². The Morgan fingerprint density at radius 3 is 2.81 bits per heavy atom. The molecule has 21 heavy (non-hydrogen) atoms. The second kappa shape index (κ2) is 5.75. The summed E-state index contributed by atoms with van der Waals surface area (Å²) in [6.07, 6.45) is 3.48. The molecule has 0 aliphatic heterocycles. The smallest absolute Gasteiger partial charge is 0.183 e. The zero-order valence-electron chi connectivity index (χ0n) is 12.3. The summed E-state index contributed by atoms with van der Waals surface area (Å²) in [5.74, 6) is 2.27. The molecule has 1 aliphatic rings. The second-order valence-corrected chi connectivity index (χ2v) is 6.87. The van der Waals surface area contributed by atoms with Crippen molar-refractivity contribution < 1.29 is 0 Å². The molecule has 2 N–H and O–H groups in total. The summed E-state index contributed by atoms with van der Waals surface area (Å²) < 4.78 is 2.83. The molecule has 1 fully saturated rings. The molecule has 3 rings (SSSR count). The van der Waals surface area contributed by atoms with Crippen molar-refractivity contribution >= 4 is 21.6 Å². The Morgan fingerprint density at radius 2 is 2.05 bits per heavy atom. The summed E-state index contributed by atoms with van der Waals surface area (Å²) >= 11 is 3.55. The molecule has 1 aromatic heterocycles. The number of rotatable bonds is 2. The summed E-state index contributed by atoms with van der Waals surface area (Å²) in [6, 6.07) is 6.17. The van der Waals surface area contributed by atoms with Gasteiger partial charge in [-0.3, -0.25) is 0 Å². The topological polar surface area (TPSA) is 69.6 Å². The maximum absolute atomic E-state index is 5.97. The Balaban J connectivity index is 1.96. The van der Waals surface area contributed by atoms with Gasteiger partial charge >= 0.3 is 0 Å². The first-order valence-corrected chi connectivity index (χ1v) is 8.19. The van der Waals surface area contributed by atoms with E-state index in [2.05, 4.69) is 45.3 Å². The third-order valence-corrected chi connectivity index (χ3v) is 5.56. The average Bonchev–Trinajstić information content (AvgIpc) is 2.94. The van der Waals surface area contributed by atoms with E-state index in [0.717, 1.165) is 34.6 Å². The van der Waals surface area contributed by atoms with Gasteiger partial charge in [0.15, 0.2) is 5.82 Å². The predicted octanol–water partition coefficient (Wildman–Crippen LogP) is 3.68. The fraction of sp³-hybridized carbons (Fsp3) is 0.533. The van der Waals surface area contributed by atoms with Crippen LogP contribution in [0.4, 0.5) is 5.69 Å². The number of nitrogens with two attached hydrogens (primary N) is 1. The number of hydrogen-bond donors (Lipinski definition) is 1. The first-order chi connectivity index (χ1) is 10.1. The molecule has 5 nitrogen and oxygen atoms in total. The lowest BCUT2D eigenvalue weighted by atomic mass is 9.79. The number of hydrogen-bond acceptors (Lipinski definition) is 4. The van der Waals surface area contributed by atoms with Crippen LogP contribution in [0.3, 0.4) is 0 Å². The van der Waals surface area contributed by atoms with Crippen LogP contribution in [0.1, 0.15) is 39.2 Å². The van der Waals surface area contributed by atoms with Crippen LogP contribution >= 0.6 is 15.9 Å². The molecular formula is C15H20BrN5. The first kappa shape index (κ1) is 14.5. The SMILES string of the molecule is CC1CCC(n2nnnc2-c2cccc(N)c2Br)CC1C. The second-order valence-electron chi connectivity index (χ2n) is 6.08. The highest BCUT2D eigenvalue weighted by Crippen LogP contribution is 2.38. The van der Waals surface area contributed by atoms with Gasteiger partial charge in [0.05, 0.1) is 10.5 Å². The van der Waals surface area contributed by atoms with E-state index in [0.29, 0.717) is 17.6 Å². The standard InChI is InChI=1S/C15H20BrN5/c1-9-6-7-11(8-10(9)2)21-15(18-19-20-21)12-4-3-5-13(17)14(12)16/h3-5,9-11H,6-8,17H2,1-2H3. The lowest BCUT2D eigenvalue weighted by molar-refractivity contribution is 0.200. The molecule has 0 amide bonds. The Bertz CT molecular complexity index is 639. The fourth-order valence-corrected chi connectivity index (χ4v) is 3.52. The maximum Gasteiger partial charge on any atom is 0.183 e. The van der Waals surface area contributed by atoms with Crippen molar-refractivity contribution in [2.75, 3.05) is 5.73 Å². The van der Waals surface area contributed by atoms with E-state index >= 15 is 0 Å². The fourth-order valence-electron chi connectivity index (χ4n) is 3.08. The van der Waals surface area contributed by atoms with E-state index in [9.17, 15) is 0 Å². The molecule has 2 aromatic rings. The molecule has 0 bridgehead atoms. The highest BCUT2D eigenvalue weighted by atomic mass is 79.9. The number of halogens is 1. The van der Waals surface area contributed by atoms with Gasteiger partial charge in [-0.05, 0) is 69.6 Å². The van der Waals surface area contributed by atoms with Gasteiger partial charge in [0.1, 0.15) is 0 Å². The van der Waals surface area contributed by atoms with Gasteiger partial charge in [-0.15, -0.1) is 5.10 Å². The van der Waals surface area contributed by atoms with E-state index in [4.69, 9.17) is 5.73 Å². The van der Waals surface area contributed by atoms with Gasteiger partial charge in [0, 0.05) is 11.3 Å². The Morgan fingerprint density at radius 1 is 1.24 bits per heavy atom.